The maximum atomic E-state index is 12.3. The van der Waals surface area contributed by atoms with Crippen molar-refractivity contribution in [2.75, 3.05) is 42.7 Å². The molecule has 0 atom stereocenters. The van der Waals surface area contributed by atoms with Gasteiger partial charge >= 0.3 is 32.4 Å². The summed E-state index contributed by atoms with van der Waals surface area (Å²) in [7, 11) is -3.00. The molecule has 0 amide bonds. The van der Waals surface area contributed by atoms with Gasteiger partial charge in [0.2, 0.25) is 0 Å². The minimum atomic E-state index is -4.50. The third-order valence-corrected chi connectivity index (χ3v) is 10.6. The van der Waals surface area contributed by atoms with Crippen LogP contribution in [-0.4, -0.2) is 78.8 Å². The normalized spacial score (nSPS) is 11.8. The molecule has 0 bridgehead atoms. The second-order valence-corrected chi connectivity index (χ2v) is 14.4. The molecule has 10 rings (SSSR count). The molecule has 0 aromatic heterocycles. The van der Waals surface area contributed by atoms with Gasteiger partial charge in [-0.3, -0.25) is 0 Å². The van der Waals surface area contributed by atoms with E-state index in [9.17, 15) is 18.9 Å². The van der Waals surface area contributed by atoms with Crippen molar-refractivity contribution in [1.29, 1.82) is 0 Å². The van der Waals surface area contributed by atoms with Gasteiger partial charge in [0.1, 0.15) is 23.0 Å². The Labute approximate surface area is 391 Å². The van der Waals surface area contributed by atoms with Crippen molar-refractivity contribution in [3.05, 3.63) is 146 Å². The monoisotopic (exact) mass is 1000 g/mol. The van der Waals surface area contributed by atoms with Crippen molar-refractivity contribution in [3.63, 3.8) is 0 Å². The van der Waals surface area contributed by atoms with Gasteiger partial charge in [-0.2, -0.15) is 0 Å². The van der Waals surface area contributed by atoms with E-state index in [1.54, 1.807) is 24.3 Å². The molecular weight excluding hydrogens is 945 g/mol. The number of rotatable bonds is 0. The molecule has 66 heavy (non-hydrogen) atoms. The van der Waals surface area contributed by atoms with Gasteiger partial charge in [0.25, 0.3) is 0 Å². The number of phosphoric acid groups is 2. The second-order valence-electron chi connectivity index (χ2n) is 11.9. The Kier molecular flexibility index (Phi) is 28.4. The maximum Gasteiger partial charge on any atom is 2.00 e. The molecule has 1 radical (unpaired) electrons. The van der Waals surface area contributed by atoms with Gasteiger partial charge in [0.15, 0.2) is 0 Å². The fourth-order valence-corrected chi connectivity index (χ4v) is 8.51. The van der Waals surface area contributed by atoms with Crippen LogP contribution in [0.25, 0.3) is 65.3 Å². The Hall–Kier alpha value is -5.47. The minimum Gasteiger partial charge on any atom is -0.736 e. The number of aliphatic hydroxyl groups is 6. The van der Waals surface area contributed by atoms with Crippen LogP contribution >= 0.6 is 15.6 Å². The molecule has 2 aliphatic rings. The molecule has 0 aliphatic carbocycles. The molecule has 0 spiro atoms. The van der Waals surface area contributed by atoms with Crippen LogP contribution in [0.1, 0.15) is 0 Å². The Morgan fingerprint density at radius 3 is 0.682 bits per heavy atom. The number of hydrogen-bond donors (Lipinski definition) is 6. The van der Waals surface area contributed by atoms with E-state index in [1.807, 2.05) is 121 Å². The third-order valence-electron chi connectivity index (χ3n) is 8.90. The zero-order chi connectivity index (χ0) is 46.0. The fourth-order valence-electron chi connectivity index (χ4n) is 6.86. The van der Waals surface area contributed by atoms with E-state index >= 15 is 0 Å². The maximum absolute atomic E-state index is 12.3. The van der Waals surface area contributed by atoms with Gasteiger partial charge in [0.05, 0.1) is 0 Å². The summed E-state index contributed by atoms with van der Waals surface area (Å²) in [6.45, 7) is 0. The molecule has 8 aromatic rings. The van der Waals surface area contributed by atoms with Crippen molar-refractivity contribution in [3.8, 4) is 45.3 Å². The first-order chi connectivity index (χ1) is 30.2. The molecule has 2 heterocycles. The number of aliphatic hydroxyl groups excluding tert-OH is 6. The van der Waals surface area contributed by atoms with Crippen molar-refractivity contribution in [1.82, 2.24) is 0 Å². The Morgan fingerprint density at radius 1 is 0.333 bits per heavy atom. The molecule has 0 unspecified atom stereocenters. The predicted octanol–water partition coefficient (Wildman–Crippen LogP) is 4.78. The molecule has 2 aliphatic heterocycles. The summed E-state index contributed by atoms with van der Waals surface area (Å²) in [5, 5.41) is 49.7. The Morgan fingerprint density at radius 2 is 0.500 bits per heavy atom. The quantitative estimate of drug-likeness (QED) is 0.0880. The van der Waals surface area contributed by atoms with Gasteiger partial charge in [-0.25, -0.2) is 9.13 Å². The largest absolute Gasteiger partial charge is 2.00 e. The molecular formula is C46H56CoO17P2+2. The summed E-state index contributed by atoms with van der Waals surface area (Å²) >= 11 is 0. The average molecular weight is 1000 g/mol. The second kappa shape index (κ2) is 29.9. The van der Waals surface area contributed by atoms with Crippen LogP contribution in [0, 0.1) is 0 Å². The van der Waals surface area contributed by atoms with Crippen LogP contribution in [0.15, 0.2) is 146 Å². The fraction of sp³-hybridized carbons (Fsp3) is 0.130. The van der Waals surface area contributed by atoms with Crippen molar-refractivity contribution in [2.45, 2.75) is 0 Å². The van der Waals surface area contributed by atoms with E-state index in [0.717, 1.165) is 108 Å². The molecule has 17 nitrogen and oxygen atoms in total. The number of benzene rings is 8. The summed E-state index contributed by atoms with van der Waals surface area (Å²) in [5.74, 6) is 1.14. The van der Waals surface area contributed by atoms with Gasteiger partial charge in [0, 0.05) is 64.9 Å². The van der Waals surface area contributed by atoms with E-state index < -0.39 is 15.6 Å². The first-order valence-electron chi connectivity index (χ1n) is 18.4. The standard InChI is InChI=1S/2C20H13O4P.6CH4O.Co.3H2O/c2*21-25(22)23-17-11-9-13-5-1-3-7-15(13)19(17)20-16-8-4-2-6-14(16)10-12-18(20)24-25;6*1-2;;;;/h2*1-12H,(H,21,22);6*2H,1H3;;3*1H2/q;;;;;;;;+2;;;. The van der Waals surface area contributed by atoms with Crippen LogP contribution in [0.4, 0.5) is 0 Å². The van der Waals surface area contributed by atoms with Gasteiger partial charge in [-0.15, -0.1) is 0 Å². The van der Waals surface area contributed by atoms with Crippen LogP contribution in [0.5, 0.6) is 23.0 Å². The zero-order valence-electron chi connectivity index (χ0n) is 36.7. The van der Waals surface area contributed by atoms with E-state index in [1.165, 1.54) is 0 Å². The molecule has 0 saturated carbocycles. The molecule has 14 N–H and O–H groups in total. The Bertz CT molecular complexity index is 2440. The number of fused-ring (bicyclic) bond motifs is 14. The molecule has 0 saturated heterocycles. The molecule has 0 fully saturated rings. The smallest absolute Gasteiger partial charge is 0.736 e. The van der Waals surface area contributed by atoms with Crippen molar-refractivity contribution in [2.24, 2.45) is 0 Å². The van der Waals surface area contributed by atoms with E-state index in [0.29, 0.717) is 0 Å². The summed E-state index contributed by atoms with van der Waals surface area (Å²) < 4.78 is 45.5. The first kappa shape index (κ1) is 62.6. The third kappa shape index (κ3) is 13.8. The van der Waals surface area contributed by atoms with Crippen LogP contribution in [0.2, 0.25) is 0 Å². The molecule has 359 valence electrons. The van der Waals surface area contributed by atoms with Crippen LogP contribution < -0.4 is 27.9 Å². The van der Waals surface area contributed by atoms with E-state index in [-0.39, 0.29) is 56.2 Å². The average Bonchev–Trinajstić information content (AvgIpc) is 3.54. The SMILES string of the molecule is CO.CO.CO.CO.CO.CO.O.O=P1([O-])Oc2ccc3ccccc3c2-c2c(ccc3ccccc23)O1.O=P1([O-])Oc2ccc3ccccc3c2-c2c(ccc3ccccc23)O1.[Co+2].[OH3+].[OH3+]. The summed E-state index contributed by atoms with van der Waals surface area (Å²) in [6, 6.07) is 45.4. The van der Waals surface area contributed by atoms with Crippen LogP contribution in [-0.2, 0) is 36.9 Å². The zero-order valence-corrected chi connectivity index (χ0v) is 39.5. The summed E-state index contributed by atoms with van der Waals surface area (Å²) in [5.41, 5.74) is 2.94. The van der Waals surface area contributed by atoms with E-state index in [4.69, 9.17) is 48.7 Å². The number of phosphoric ester groups is 2. The Balaban J connectivity index is 0. The van der Waals surface area contributed by atoms with Crippen molar-refractivity contribution < 1.29 is 101 Å². The van der Waals surface area contributed by atoms with Gasteiger partial charge in [-0.05, 0) is 67.4 Å². The van der Waals surface area contributed by atoms with Gasteiger partial charge in [-0.1, -0.05) is 121 Å². The first-order valence-corrected chi connectivity index (χ1v) is 21.3. The topological polar surface area (TPSA) is 336 Å². The summed E-state index contributed by atoms with van der Waals surface area (Å²) in [4.78, 5) is 24.5. The minimum absolute atomic E-state index is 0. The van der Waals surface area contributed by atoms with Gasteiger partial charge < -0.3 is 74.9 Å². The van der Waals surface area contributed by atoms with E-state index in [2.05, 4.69) is 0 Å². The van der Waals surface area contributed by atoms with Crippen molar-refractivity contribution >= 4 is 58.7 Å². The number of hydrogen-bond acceptors (Lipinski definition) is 14. The summed E-state index contributed by atoms with van der Waals surface area (Å²) in [6.07, 6.45) is 0. The van der Waals surface area contributed by atoms with Crippen LogP contribution in [0.3, 0.4) is 0 Å². The molecule has 20 heteroatoms. The predicted molar refractivity (Wildman–Crippen MR) is 254 cm³/mol. The molecule has 8 aromatic carbocycles.